The third kappa shape index (κ3) is 2.79. The molecule has 0 radical (unpaired) electrons. The molecule has 1 heterocycles. The average Bonchev–Trinajstić information content (AvgIpc) is 2.78. The van der Waals surface area contributed by atoms with Crippen molar-refractivity contribution in [3.8, 4) is 0 Å². The molecule has 0 bridgehead atoms. The first-order valence-electron chi connectivity index (χ1n) is 4.89. The summed E-state index contributed by atoms with van der Waals surface area (Å²) >= 11 is 4.72. The normalized spacial score (nSPS) is 10.2. The number of hydrogen-bond donors (Lipinski definition) is 2. The lowest BCUT2D eigenvalue weighted by Crippen LogP contribution is -2.12. The van der Waals surface area contributed by atoms with Crippen molar-refractivity contribution in [3.63, 3.8) is 0 Å². The van der Waals surface area contributed by atoms with Gasteiger partial charge >= 0.3 is 0 Å². The second-order valence-corrected chi connectivity index (χ2v) is 3.84. The highest BCUT2D eigenvalue weighted by atomic mass is 32.1. The molecule has 0 aliphatic heterocycles. The monoisotopic (exact) mass is 251 g/mol. The summed E-state index contributed by atoms with van der Waals surface area (Å²) < 4.78 is 18.2. The number of hydrogen-bond acceptors (Lipinski definition) is 4. The minimum atomic E-state index is -0.442. The van der Waals surface area contributed by atoms with Gasteiger partial charge in [-0.15, -0.1) is 0 Å². The Morgan fingerprint density at radius 3 is 2.88 bits per heavy atom. The number of aromatic nitrogens is 1. The molecular weight excluding hydrogens is 241 g/mol. The molecule has 0 aliphatic rings. The van der Waals surface area contributed by atoms with Crippen molar-refractivity contribution in [3.05, 3.63) is 47.6 Å². The van der Waals surface area contributed by atoms with Crippen LogP contribution in [0.15, 0.2) is 35.1 Å². The largest absolute Gasteiger partial charge is 0.389 e. The molecule has 3 N–H and O–H groups in total. The molecule has 0 saturated carbocycles. The van der Waals surface area contributed by atoms with Crippen molar-refractivity contribution in [2.24, 2.45) is 5.73 Å². The molecule has 17 heavy (non-hydrogen) atoms. The summed E-state index contributed by atoms with van der Waals surface area (Å²) in [6.07, 6.45) is 1.48. The van der Waals surface area contributed by atoms with Crippen LogP contribution in [0.1, 0.15) is 11.3 Å². The fraction of sp³-hybridized carbons (Fsp3) is 0.0909. The summed E-state index contributed by atoms with van der Waals surface area (Å²) in [7, 11) is 0. The molecule has 0 saturated heterocycles. The van der Waals surface area contributed by atoms with E-state index in [1.165, 1.54) is 12.3 Å². The molecule has 4 nitrogen and oxygen atoms in total. The first-order valence-corrected chi connectivity index (χ1v) is 5.30. The summed E-state index contributed by atoms with van der Waals surface area (Å²) in [5, 5.41) is 6.73. The van der Waals surface area contributed by atoms with Gasteiger partial charge in [-0.05, 0) is 18.2 Å². The van der Waals surface area contributed by atoms with Gasteiger partial charge in [0.05, 0.1) is 6.54 Å². The van der Waals surface area contributed by atoms with Gasteiger partial charge in [-0.25, -0.2) is 4.39 Å². The molecular formula is C11H10FN3OS. The van der Waals surface area contributed by atoms with Crippen LogP contribution in [0.4, 0.5) is 10.1 Å². The van der Waals surface area contributed by atoms with E-state index in [0.717, 1.165) is 5.69 Å². The van der Waals surface area contributed by atoms with Crippen molar-refractivity contribution in [1.29, 1.82) is 0 Å². The highest BCUT2D eigenvalue weighted by Gasteiger charge is 2.06. The maximum absolute atomic E-state index is 13.5. The van der Waals surface area contributed by atoms with Gasteiger partial charge in [-0.3, -0.25) is 0 Å². The van der Waals surface area contributed by atoms with Crippen molar-refractivity contribution in [2.45, 2.75) is 6.54 Å². The lowest BCUT2D eigenvalue weighted by Gasteiger charge is -2.06. The van der Waals surface area contributed by atoms with Gasteiger partial charge in [-0.1, -0.05) is 17.4 Å². The Morgan fingerprint density at radius 2 is 2.29 bits per heavy atom. The van der Waals surface area contributed by atoms with Crippen LogP contribution < -0.4 is 11.1 Å². The molecule has 2 aromatic rings. The van der Waals surface area contributed by atoms with Gasteiger partial charge in [0.25, 0.3) is 0 Å². The standard InChI is InChI=1S/C11H10FN3OS/c12-10-5-7(1-2-9(10)11(13)17)14-6-8-3-4-16-15-8/h1-5,14H,6H2,(H2,13,17). The Morgan fingerprint density at radius 1 is 1.47 bits per heavy atom. The minimum absolute atomic E-state index is 0.0468. The van der Waals surface area contributed by atoms with Gasteiger partial charge in [0.15, 0.2) is 0 Å². The van der Waals surface area contributed by atoms with Crippen molar-refractivity contribution in [2.75, 3.05) is 5.32 Å². The first kappa shape index (κ1) is 11.5. The average molecular weight is 251 g/mol. The molecule has 0 atom stereocenters. The minimum Gasteiger partial charge on any atom is -0.389 e. The van der Waals surface area contributed by atoms with Crippen LogP contribution in [-0.4, -0.2) is 10.1 Å². The smallest absolute Gasteiger partial charge is 0.135 e. The van der Waals surface area contributed by atoms with E-state index in [0.29, 0.717) is 12.2 Å². The van der Waals surface area contributed by atoms with Crippen LogP contribution >= 0.6 is 12.2 Å². The molecule has 6 heteroatoms. The van der Waals surface area contributed by atoms with Crippen LogP contribution in [0.25, 0.3) is 0 Å². The summed E-state index contributed by atoms with van der Waals surface area (Å²) in [6.45, 7) is 0.461. The number of benzene rings is 1. The van der Waals surface area contributed by atoms with E-state index < -0.39 is 5.82 Å². The second kappa shape index (κ2) is 4.92. The fourth-order valence-corrected chi connectivity index (χ4v) is 1.51. The van der Waals surface area contributed by atoms with Crippen LogP contribution in [0, 0.1) is 5.82 Å². The number of anilines is 1. The van der Waals surface area contributed by atoms with Crippen LogP contribution in [-0.2, 0) is 6.54 Å². The molecule has 2 rings (SSSR count). The zero-order valence-corrected chi connectivity index (χ0v) is 9.63. The molecule has 0 spiro atoms. The highest BCUT2D eigenvalue weighted by molar-refractivity contribution is 7.80. The summed E-state index contributed by atoms with van der Waals surface area (Å²) in [6, 6.07) is 6.32. The quantitative estimate of drug-likeness (QED) is 0.814. The van der Waals surface area contributed by atoms with E-state index in [9.17, 15) is 4.39 Å². The van der Waals surface area contributed by atoms with E-state index in [2.05, 4.69) is 15.0 Å². The Hall–Kier alpha value is -1.95. The summed E-state index contributed by atoms with van der Waals surface area (Å²) in [5.41, 5.74) is 6.98. The van der Waals surface area contributed by atoms with Crippen LogP contribution in [0.2, 0.25) is 0 Å². The van der Waals surface area contributed by atoms with E-state index in [1.807, 2.05) is 0 Å². The lowest BCUT2D eigenvalue weighted by atomic mass is 10.2. The number of halogens is 1. The Balaban J connectivity index is 2.07. The van der Waals surface area contributed by atoms with E-state index in [-0.39, 0.29) is 10.6 Å². The van der Waals surface area contributed by atoms with Crippen LogP contribution in [0.3, 0.4) is 0 Å². The molecule has 0 fully saturated rings. The van der Waals surface area contributed by atoms with E-state index in [1.54, 1.807) is 18.2 Å². The number of thiocarbonyl (C=S) groups is 1. The maximum Gasteiger partial charge on any atom is 0.135 e. The number of rotatable bonds is 4. The molecule has 0 unspecified atom stereocenters. The first-order chi connectivity index (χ1) is 8.16. The predicted octanol–water partition coefficient (Wildman–Crippen LogP) is 2.06. The molecule has 88 valence electrons. The Labute approximate surface area is 103 Å². The number of nitrogens with one attached hydrogen (secondary N) is 1. The SMILES string of the molecule is NC(=S)c1ccc(NCc2ccon2)cc1F. The fourth-order valence-electron chi connectivity index (χ4n) is 1.35. The van der Waals surface area contributed by atoms with E-state index >= 15 is 0 Å². The van der Waals surface area contributed by atoms with Crippen molar-refractivity contribution >= 4 is 22.9 Å². The predicted molar refractivity (Wildman–Crippen MR) is 66.1 cm³/mol. The summed E-state index contributed by atoms with van der Waals surface area (Å²) in [5.74, 6) is -0.442. The molecule has 1 aromatic carbocycles. The lowest BCUT2D eigenvalue weighted by molar-refractivity contribution is 0.412. The third-order valence-electron chi connectivity index (χ3n) is 2.20. The van der Waals surface area contributed by atoms with Gasteiger partial charge in [0.2, 0.25) is 0 Å². The van der Waals surface area contributed by atoms with Gasteiger partial charge in [0, 0.05) is 17.3 Å². The topological polar surface area (TPSA) is 64.1 Å². The highest BCUT2D eigenvalue weighted by Crippen LogP contribution is 2.15. The third-order valence-corrected chi connectivity index (χ3v) is 2.42. The zero-order valence-electron chi connectivity index (χ0n) is 8.81. The van der Waals surface area contributed by atoms with E-state index in [4.69, 9.17) is 18.0 Å². The van der Waals surface area contributed by atoms with Crippen molar-refractivity contribution in [1.82, 2.24) is 5.16 Å². The summed E-state index contributed by atoms with van der Waals surface area (Å²) in [4.78, 5) is 0.0468. The Kier molecular flexibility index (Phi) is 3.34. The Bertz CT molecular complexity index is 528. The number of nitrogens with two attached hydrogens (primary N) is 1. The molecule has 0 aliphatic carbocycles. The number of nitrogens with zero attached hydrogens (tertiary/aromatic N) is 1. The van der Waals surface area contributed by atoms with Gasteiger partial charge in [0.1, 0.15) is 22.8 Å². The molecule has 1 aromatic heterocycles. The van der Waals surface area contributed by atoms with Crippen molar-refractivity contribution < 1.29 is 8.91 Å². The zero-order chi connectivity index (χ0) is 12.3. The molecule has 0 amide bonds. The second-order valence-electron chi connectivity index (χ2n) is 3.40. The van der Waals surface area contributed by atoms with Gasteiger partial charge < -0.3 is 15.6 Å². The van der Waals surface area contributed by atoms with Crippen LogP contribution in [0.5, 0.6) is 0 Å². The maximum atomic E-state index is 13.5. The van der Waals surface area contributed by atoms with Gasteiger partial charge in [-0.2, -0.15) is 0 Å².